The number of benzene rings is 1. The summed E-state index contributed by atoms with van der Waals surface area (Å²) < 4.78 is 7.02. The zero-order valence-electron chi connectivity index (χ0n) is 23.9. The molecule has 1 aromatic carbocycles. The van der Waals surface area contributed by atoms with Gasteiger partial charge in [-0.1, -0.05) is 26.8 Å². The molecule has 0 bridgehead atoms. The predicted octanol–water partition coefficient (Wildman–Crippen LogP) is 3.80. The molecule has 12 nitrogen and oxygen atoms in total. The lowest BCUT2D eigenvalue weighted by atomic mass is 9.91. The van der Waals surface area contributed by atoms with Crippen molar-refractivity contribution in [1.29, 1.82) is 0 Å². The summed E-state index contributed by atoms with van der Waals surface area (Å²) in [6, 6.07) is 11.0. The van der Waals surface area contributed by atoms with Crippen molar-refractivity contribution in [2.24, 2.45) is 0 Å². The minimum absolute atomic E-state index is 0.124. The zero-order valence-corrected chi connectivity index (χ0v) is 23.9. The van der Waals surface area contributed by atoms with Crippen LogP contribution in [0.25, 0.3) is 5.82 Å². The first-order valence-corrected chi connectivity index (χ1v) is 13.7. The standard InChI is InChI=1S/C29H36N10O2/c1-20-5-6-21(27(40)36-22-7-8-30-24(16-22)29(2,3)4)15-23(20)37-28-34-19-35-39(28)26-17-25(32-18-33-26)31-9-10-38-11-13-41-14-12-38/h5-8,15-19H,9-14H2,1-4H3,(H,30,36,40)(H,31,32,33)(H,34,35,37). The van der Waals surface area contributed by atoms with Gasteiger partial charge in [0.15, 0.2) is 5.82 Å². The van der Waals surface area contributed by atoms with Crippen LogP contribution >= 0.6 is 0 Å². The molecule has 4 heterocycles. The number of carbonyl (C=O) groups is 1. The highest BCUT2D eigenvalue weighted by molar-refractivity contribution is 6.05. The average molecular weight is 557 g/mol. The van der Waals surface area contributed by atoms with E-state index in [4.69, 9.17) is 4.74 Å². The van der Waals surface area contributed by atoms with Crippen LogP contribution in [0, 0.1) is 6.92 Å². The van der Waals surface area contributed by atoms with Crippen molar-refractivity contribution in [3.63, 3.8) is 0 Å². The summed E-state index contributed by atoms with van der Waals surface area (Å²) >= 11 is 0. The van der Waals surface area contributed by atoms with Gasteiger partial charge in [0.1, 0.15) is 18.5 Å². The van der Waals surface area contributed by atoms with E-state index >= 15 is 0 Å². The third-order valence-electron chi connectivity index (χ3n) is 6.79. The van der Waals surface area contributed by atoms with E-state index in [2.05, 4.69) is 66.7 Å². The van der Waals surface area contributed by atoms with Crippen LogP contribution in [0.4, 0.5) is 23.1 Å². The van der Waals surface area contributed by atoms with Crippen LogP contribution in [0.2, 0.25) is 0 Å². The van der Waals surface area contributed by atoms with Crippen LogP contribution in [-0.2, 0) is 10.2 Å². The van der Waals surface area contributed by atoms with Gasteiger partial charge in [-0.05, 0) is 36.8 Å². The largest absolute Gasteiger partial charge is 0.379 e. The smallest absolute Gasteiger partial charge is 0.255 e. The number of ether oxygens (including phenoxy) is 1. The van der Waals surface area contributed by atoms with E-state index in [9.17, 15) is 4.79 Å². The first-order valence-electron chi connectivity index (χ1n) is 13.7. The Morgan fingerprint density at radius 3 is 2.63 bits per heavy atom. The minimum Gasteiger partial charge on any atom is -0.379 e. The summed E-state index contributed by atoms with van der Waals surface area (Å²) in [5.41, 5.74) is 3.66. The number of pyridine rings is 1. The fourth-order valence-electron chi connectivity index (χ4n) is 4.36. The fourth-order valence-corrected chi connectivity index (χ4v) is 4.36. The number of anilines is 4. The third kappa shape index (κ3) is 7.21. The Balaban J connectivity index is 1.27. The normalized spacial score (nSPS) is 14.0. The fraction of sp³-hybridized carbons (Fsp3) is 0.379. The summed E-state index contributed by atoms with van der Waals surface area (Å²) in [5, 5.41) is 14.0. The molecule has 3 N–H and O–H groups in total. The van der Waals surface area contributed by atoms with E-state index < -0.39 is 0 Å². The number of carbonyl (C=O) groups excluding carboxylic acids is 1. The van der Waals surface area contributed by atoms with Gasteiger partial charge in [0.05, 0.1) is 13.2 Å². The Labute approximate surface area is 239 Å². The number of nitrogens with zero attached hydrogens (tertiary/aromatic N) is 7. The summed E-state index contributed by atoms with van der Waals surface area (Å²) in [6.45, 7) is 13.3. The molecule has 12 heteroatoms. The number of nitrogens with one attached hydrogen (secondary N) is 3. The first kappa shape index (κ1) is 28.1. The molecular formula is C29H36N10O2. The molecule has 214 valence electrons. The molecule has 0 atom stereocenters. The van der Waals surface area contributed by atoms with Gasteiger partial charge in [0.25, 0.3) is 5.91 Å². The third-order valence-corrected chi connectivity index (χ3v) is 6.79. The van der Waals surface area contributed by atoms with E-state index in [0.717, 1.165) is 56.3 Å². The van der Waals surface area contributed by atoms with E-state index in [1.54, 1.807) is 29.1 Å². The second-order valence-corrected chi connectivity index (χ2v) is 10.9. The molecule has 0 radical (unpaired) electrons. The van der Waals surface area contributed by atoms with Crippen molar-refractivity contribution in [1.82, 2.24) is 34.6 Å². The summed E-state index contributed by atoms with van der Waals surface area (Å²) in [4.78, 5) is 33.1. The van der Waals surface area contributed by atoms with Crippen molar-refractivity contribution in [3.8, 4) is 5.82 Å². The molecule has 5 rings (SSSR count). The first-order chi connectivity index (χ1) is 19.8. The predicted molar refractivity (Wildman–Crippen MR) is 158 cm³/mol. The van der Waals surface area contributed by atoms with E-state index in [1.165, 1.54) is 12.7 Å². The molecule has 1 fully saturated rings. The van der Waals surface area contributed by atoms with E-state index in [0.29, 0.717) is 28.8 Å². The average Bonchev–Trinajstić information content (AvgIpc) is 3.43. The lowest BCUT2D eigenvalue weighted by Gasteiger charge is -2.26. The highest BCUT2D eigenvalue weighted by atomic mass is 16.5. The number of hydrogen-bond acceptors (Lipinski definition) is 10. The molecule has 0 unspecified atom stereocenters. The molecule has 3 aromatic heterocycles. The van der Waals surface area contributed by atoms with Crippen LogP contribution < -0.4 is 16.0 Å². The summed E-state index contributed by atoms with van der Waals surface area (Å²) in [7, 11) is 0. The van der Waals surface area contributed by atoms with E-state index in [-0.39, 0.29) is 11.3 Å². The maximum atomic E-state index is 13.1. The Hall–Kier alpha value is -4.42. The lowest BCUT2D eigenvalue weighted by molar-refractivity contribution is 0.0398. The molecule has 1 amide bonds. The lowest BCUT2D eigenvalue weighted by Crippen LogP contribution is -2.39. The maximum absolute atomic E-state index is 13.1. The monoisotopic (exact) mass is 556 g/mol. The number of rotatable bonds is 9. The van der Waals surface area contributed by atoms with Gasteiger partial charge in [-0.25, -0.2) is 9.97 Å². The van der Waals surface area contributed by atoms with Crippen molar-refractivity contribution in [2.75, 3.05) is 55.3 Å². The second-order valence-electron chi connectivity index (χ2n) is 10.9. The topological polar surface area (TPSA) is 135 Å². The molecule has 0 spiro atoms. The van der Waals surface area contributed by atoms with Crippen molar-refractivity contribution in [3.05, 3.63) is 72.1 Å². The molecule has 41 heavy (non-hydrogen) atoms. The van der Waals surface area contributed by atoms with Gasteiger partial charge >= 0.3 is 0 Å². The van der Waals surface area contributed by atoms with Crippen LogP contribution in [-0.4, -0.2) is 79.9 Å². The number of aryl methyl sites for hydroxylation is 1. The van der Waals surface area contributed by atoms with Crippen molar-refractivity contribution >= 4 is 29.0 Å². The van der Waals surface area contributed by atoms with Gasteiger partial charge in [-0.2, -0.15) is 14.8 Å². The Kier molecular flexibility index (Phi) is 8.50. The summed E-state index contributed by atoms with van der Waals surface area (Å²) in [5.74, 6) is 1.51. The number of morpholine rings is 1. The van der Waals surface area contributed by atoms with Gasteiger partial charge in [-0.3, -0.25) is 14.7 Å². The Morgan fingerprint density at radius 1 is 1.00 bits per heavy atom. The maximum Gasteiger partial charge on any atom is 0.255 e. The molecule has 4 aromatic rings. The van der Waals surface area contributed by atoms with Crippen LogP contribution in [0.3, 0.4) is 0 Å². The molecule has 0 saturated carbocycles. The zero-order chi connectivity index (χ0) is 28.8. The molecule has 1 saturated heterocycles. The number of hydrogen-bond donors (Lipinski definition) is 3. The highest BCUT2D eigenvalue weighted by Gasteiger charge is 2.17. The number of aromatic nitrogens is 6. The van der Waals surface area contributed by atoms with Crippen LogP contribution in [0.15, 0.2) is 55.2 Å². The van der Waals surface area contributed by atoms with Gasteiger partial charge in [0.2, 0.25) is 5.95 Å². The van der Waals surface area contributed by atoms with Crippen molar-refractivity contribution in [2.45, 2.75) is 33.1 Å². The Morgan fingerprint density at radius 2 is 1.83 bits per heavy atom. The van der Waals surface area contributed by atoms with Crippen LogP contribution in [0.5, 0.6) is 0 Å². The quantitative estimate of drug-likeness (QED) is 0.279. The molecule has 1 aliphatic heterocycles. The van der Waals surface area contributed by atoms with Gasteiger partial charge in [-0.15, -0.1) is 0 Å². The van der Waals surface area contributed by atoms with Gasteiger partial charge < -0.3 is 20.7 Å². The highest BCUT2D eigenvalue weighted by Crippen LogP contribution is 2.25. The van der Waals surface area contributed by atoms with E-state index in [1.807, 2.05) is 25.1 Å². The number of amides is 1. The second kappa shape index (κ2) is 12.4. The molecule has 1 aliphatic rings. The van der Waals surface area contributed by atoms with Crippen LogP contribution in [0.1, 0.15) is 42.4 Å². The molecular weight excluding hydrogens is 520 g/mol. The minimum atomic E-state index is -0.218. The SMILES string of the molecule is Cc1ccc(C(=O)Nc2ccnc(C(C)(C)C)c2)cc1Nc1ncnn1-c1cc(NCCN2CCOCC2)ncn1. The molecule has 0 aliphatic carbocycles. The Bertz CT molecular complexity index is 1490. The van der Waals surface area contributed by atoms with Gasteiger partial charge in [0, 0.05) is 66.5 Å². The van der Waals surface area contributed by atoms with Crippen molar-refractivity contribution < 1.29 is 9.53 Å². The summed E-state index contributed by atoms with van der Waals surface area (Å²) in [6.07, 6.45) is 4.67.